The third-order valence-electron chi connectivity index (χ3n) is 8.52. The standard InChI is InChI=1S/C40H60N10O4S2/c1-39(2,3)25-15-23(35(29(43)19-25)55-13-9-49-37(45)46)17-31(51)27-21-28(34(54-12-8-42)22-33(27)53-11-7-41)32(52)18-24-16-26(40(4,5)6)20-30(44)36(24)56-14-10-50-38(47)48/h15-16,19-22H,7-14,17-18,41-44H2,1-6H3,(H4,45,46,49)(H4,47,48,50). The topological polar surface area (TPSA) is 285 Å². The van der Waals surface area contributed by atoms with E-state index in [0.29, 0.717) is 36.0 Å². The predicted molar refractivity (Wildman–Crippen MR) is 234 cm³/mol. The molecular weight excluding hydrogens is 749 g/mol. The Labute approximate surface area is 339 Å². The van der Waals surface area contributed by atoms with Crippen molar-refractivity contribution in [2.45, 2.75) is 75.0 Å². The van der Waals surface area contributed by atoms with Crippen LogP contribution >= 0.6 is 23.5 Å². The number of benzene rings is 3. The van der Waals surface area contributed by atoms with Crippen molar-refractivity contribution < 1.29 is 19.1 Å². The number of thioether (sulfide) groups is 2. The summed E-state index contributed by atoms with van der Waals surface area (Å²) in [7, 11) is 0. The molecule has 0 saturated carbocycles. The third-order valence-corrected chi connectivity index (χ3v) is 10.9. The van der Waals surface area contributed by atoms with Crippen molar-refractivity contribution in [2.75, 3.05) is 62.4 Å². The maximum atomic E-state index is 14.5. The molecule has 16 N–H and O–H groups in total. The lowest BCUT2D eigenvalue weighted by molar-refractivity contribution is 0.0988. The van der Waals surface area contributed by atoms with E-state index in [0.717, 1.165) is 32.0 Å². The number of rotatable bonds is 20. The van der Waals surface area contributed by atoms with Gasteiger partial charge in [0.1, 0.15) is 24.7 Å². The molecule has 3 aromatic rings. The molecule has 16 heteroatoms. The second kappa shape index (κ2) is 20.5. The maximum absolute atomic E-state index is 14.5. The fraction of sp³-hybridized carbons (Fsp3) is 0.450. The molecule has 0 aliphatic rings. The van der Waals surface area contributed by atoms with Gasteiger partial charge in [-0.15, -0.1) is 23.5 Å². The Kier molecular flexibility index (Phi) is 16.7. The number of aliphatic imine (C=N–C) groups is 2. The minimum atomic E-state index is -0.289. The molecular formula is C40H60N10O4S2. The average molecular weight is 809 g/mol. The monoisotopic (exact) mass is 808 g/mol. The van der Waals surface area contributed by atoms with Crippen LogP contribution in [0.5, 0.6) is 11.5 Å². The first kappa shape index (κ1) is 45.7. The molecule has 0 unspecified atom stereocenters. The molecule has 0 atom stereocenters. The molecule has 0 heterocycles. The van der Waals surface area contributed by atoms with Crippen LogP contribution in [0.15, 0.2) is 56.2 Å². The van der Waals surface area contributed by atoms with Crippen LogP contribution in [0.25, 0.3) is 0 Å². The minimum Gasteiger partial charge on any atom is -0.491 e. The number of hydrogen-bond acceptors (Lipinski definition) is 12. The highest BCUT2D eigenvalue weighted by molar-refractivity contribution is 7.99. The Morgan fingerprint density at radius 1 is 0.607 bits per heavy atom. The summed E-state index contributed by atoms with van der Waals surface area (Å²) in [5.74, 6) is 0.950. The van der Waals surface area contributed by atoms with Gasteiger partial charge < -0.3 is 55.3 Å². The number of nitrogens with zero attached hydrogens (tertiary/aromatic N) is 2. The molecule has 0 bridgehead atoms. The fourth-order valence-corrected chi connectivity index (χ4v) is 7.52. The molecule has 0 saturated heterocycles. The van der Waals surface area contributed by atoms with Gasteiger partial charge in [0, 0.05) is 64.7 Å². The highest BCUT2D eigenvalue weighted by Gasteiger charge is 2.26. The summed E-state index contributed by atoms with van der Waals surface area (Å²) in [6, 6.07) is 11.0. The van der Waals surface area contributed by atoms with Crippen LogP contribution in [0.4, 0.5) is 11.4 Å². The van der Waals surface area contributed by atoms with Crippen molar-refractivity contribution >= 4 is 58.4 Å². The summed E-state index contributed by atoms with van der Waals surface area (Å²) < 4.78 is 12.1. The molecule has 0 amide bonds. The Balaban J connectivity index is 2.18. The van der Waals surface area contributed by atoms with Gasteiger partial charge in [-0.25, -0.2) is 0 Å². The zero-order chi connectivity index (χ0) is 41.8. The second-order valence-corrected chi connectivity index (χ2v) is 17.4. The number of nitrogens with two attached hydrogens (primary N) is 8. The summed E-state index contributed by atoms with van der Waals surface area (Å²) in [6.45, 7) is 13.9. The van der Waals surface area contributed by atoms with E-state index in [9.17, 15) is 9.59 Å². The molecule has 0 aromatic heterocycles. The number of guanidine groups is 2. The van der Waals surface area contributed by atoms with Crippen molar-refractivity contribution in [1.29, 1.82) is 0 Å². The van der Waals surface area contributed by atoms with Crippen molar-refractivity contribution in [3.8, 4) is 11.5 Å². The van der Waals surface area contributed by atoms with Gasteiger partial charge in [0.25, 0.3) is 0 Å². The van der Waals surface area contributed by atoms with Crippen LogP contribution in [0, 0.1) is 0 Å². The van der Waals surface area contributed by atoms with E-state index >= 15 is 0 Å². The van der Waals surface area contributed by atoms with Crippen LogP contribution in [-0.2, 0) is 23.7 Å². The number of nitrogen functional groups attached to an aromatic ring is 2. The number of ether oxygens (including phenoxy) is 2. The van der Waals surface area contributed by atoms with Gasteiger partial charge in [-0.05, 0) is 51.3 Å². The number of carbonyl (C=O) groups is 2. The number of anilines is 2. The molecule has 0 spiro atoms. The van der Waals surface area contributed by atoms with Gasteiger partial charge in [0.15, 0.2) is 23.5 Å². The zero-order valence-electron chi connectivity index (χ0n) is 33.5. The highest BCUT2D eigenvalue weighted by Crippen LogP contribution is 2.39. The quantitative estimate of drug-likeness (QED) is 0.0202. The van der Waals surface area contributed by atoms with Crippen molar-refractivity contribution in [2.24, 2.45) is 44.4 Å². The zero-order valence-corrected chi connectivity index (χ0v) is 35.1. The van der Waals surface area contributed by atoms with E-state index in [4.69, 9.17) is 55.3 Å². The molecule has 0 fully saturated rings. The molecule has 3 rings (SSSR count). The van der Waals surface area contributed by atoms with Crippen LogP contribution in [0.2, 0.25) is 0 Å². The van der Waals surface area contributed by atoms with E-state index in [1.54, 1.807) is 12.1 Å². The molecule has 56 heavy (non-hydrogen) atoms. The lowest BCUT2D eigenvalue weighted by Crippen LogP contribution is -2.23. The van der Waals surface area contributed by atoms with Gasteiger partial charge in [-0.3, -0.25) is 19.6 Å². The van der Waals surface area contributed by atoms with Gasteiger partial charge in [0.05, 0.1) is 24.2 Å². The number of ketones is 2. The Morgan fingerprint density at radius 2 is 0.982 bits per heavy atom. The van der Waals surface area contributed by atoms with E-state index in [-0.39, 0.29) is 96.1 Å². The van der Waals surface area contributed by atoms with E-state index in [1.807, 2.05) is 24.3 Å². The normalized spacial score (nSPS) is 11.6. The van der Waals surface area contributed by atoms with Crippen LogP contribution < -0.4 is 55.3 Å². The van der Waals surface area contributed by atoms with Crippen LogP contribution in [0.3, 0.4) is 0 Å². The Morgan fingerprint density at radius 3 is 1.30 bits per heavy atom. The van der Waals surface area contributed by atoms with Crippen molar-refractivity contribution in [1.82, 2.24) is 0 Å². The average Bonchev–Trinajstić information content (AvgIpc) is 3.10. The minimum absolute atomic E-state index is 0.00509. The van der Waals surface area contributed by atoms with Crippen LogP contribution in [0.1, 0.15) is 84.5 Å². The summed E-state index contributed by atoms with van der Waals surface area (Å²) >= 11 is 2.93. The number of carbonyl (C=O) groups excluding carboxylic acids is 2. The maximum Gasteiger partial charge on any atom is 0.185 e. The smallest absolute Gasteiger partial charge is 0.185 e. The highest BCUT2D eigenvalue weighted by atomic mass is 32.2. The Hall–Kier alpha value is -4.64. The van der Waals surface area contributed by atoms with E-state index in [2.05, 4.69) is 51.5 Å². The summed E-state index contributed by atoms with van der Waals surface area (Å²) in [6.07, 6.45) is -0.0653. The first-order valence-corrected chi connectivity index (χ1v) is 20.4. The molecule has 0 radical (unpaired) electrons. The van der Waals surface area contributed by atoms with Crippen molar-refractivity contribution in [3.05, 3.63) is 69.8 Å². The number of Topliss-reactive ketones (excluding diaryl/α,β-unsaturated/α-hetero) is 2. The largest absolute Gasteiger partial charge is 0.491 e. The van der Waals surface area contributed by atoms with Crippen LogP contribution in [-0.4, -0.2) is 74.4 Å². The number of hydrogen-bond donors (Lipinski definition) is 8. The lowest BCUT2D eigenvalue weighted by Gasteiger charge is -2.23. The van der Waals surface area contributed by atoms with E-state index in [1.165, 1.54) is 23.5 Å². The summed E-state index contributed by atoms with van der Waals surface area (Å²) in [4.78, 5) is 38.7. The third kappa shape index (κ3) is 13.2. The molecule has 0 aliphatic heterocycles. The van der Waals surface area contributed by atoms with Crippen molar-refractivity contribution in [3.63, 3.8) is 0 Å². The predicted octanol–water partition coefficient (Wildman–Crippen LogP) is 3.70. The molecule has 3 aromatic carbocycles. The first-order valence-electron chi connectivity index (χ1n) is 18.4. The fourth-order valence-electron chi connectivity index (χ4n) is 5.66. The lowest BCUT2D eigenvalue weighted by atomic mass is 9.84. The molecule has 14 nitrogen and oxygen atoms in total. The second-order valence-electron chi connectivity index (χ2n) is 15.2. The summed E-state index contributed by atoms with van der Waals surface area (Å²) in [5.41, 5.74) is 51.4. The van der Waals surface area contributed by atoms with Gasteiger partial charge in [-0.2, -0.15) is 0 Å². The summed E-state index contributed by atoms with van der Waals surface area (Å²) in [5, 5.41) is 0. The van der Waals surface area contributed by atoms with Gasteiger partial charge >= 0.3 is 0 Å². The SMILES string of the molecule is CC(C)(C)c1cc(N)c(SCCN=C(N)N)c(CC(=O)c2cc(C(=O)Cc3cc(C(C)(C)C)cc(N)c3SCCN=C(N)N)c(OCCN)cc2OCCN)c1. The van der Waals surface area contributed by atoms with Gasteiger partial charge in [0.2, 0.25) is 0 Å². The van der Waals surface area contributed by atoms with Gasteiger partial charge in [-0.1, -0.05) is 53.7 Å². The Bertz CT molecular complexity index is 1780. The molecule has 306 valence electrons. The first-order chi connectivity index (χ1) is 26.3. The van der Waals surface area contributed by atoms with E-state index < -0.39 is 0 Å². The molecule has 0 aliphatic carbocycles.